The molecule has 2 aliphatic heterocycles. The van der Waals surface area contributed by atoms with Gasteiger partial charge >= 0.3 is 0 Å². The molecule has 5 heteroatoms. The summed E-state index contributed by atoms with van der Waals surface area (Å²) in [6.07, 6.45) is 4.04. The molecule has 24 heavy (non-hydrogen) atoms. The Kier molecular flexibility index (Phi) is 5.41. The highest BCUT2D eigenvalue weighted by molar-refractivity contribution is 5.78. The van der Waals surface area contributed by atoms with Crippen molar-refractivity contribution in [3.63, 3.8) is 0 Å². The smallest absolute Gasteiger partial charge is 0.260 e. The van der Waals surface area contributed by atoms with Crippen LogP contribution in [0, 0.1) is 6.92 Å². The summed E-state index contributed by atoms with van der Waals surface area (Å²) in [5.41, 5.74) is 0.333. The van der Waals surface area contributed by atoms with E-state index in [9.17, 15) is 9.90 Å². The summed E-state index contributed by atoms with van der Waals surface area (Å²) in [5, 5.41) is 10.9. The molecule has 2 saturated heterocycles. The van der Waals surface area contributed by atoms with Crippen LogP contribution in [-0.2, 0) is 4.79 Å². The van der Waals surface area contributed by atoms with Crippen LogP contribution >= 0.6 is 0 Å². The molecule has 0 saturated carbocycles. The second kappa shape index (κ2) is 7.53. The minimum absolute atomic E-state index is 0.0310. The van der Waals surface area contributed by atoms with Crippen molar-refractivity contribution < 1.29 is 14.6 Å². The van der Waals surface area contributed by atoms with Gasteiger partial charge in [0, 0.05) is 13.1 Å². The zero-order valence-electron chi connectivity index (χ0n) is 14.5. The Labute approximate surface area is 144 Å². The molecule has 2 heterocycles. The summed E-state index contributed by atoms with van der Waals surface area (Å²) in [5.74, 6) is 0.670. The van der Waals surface area contributed by atoms with Crippen LogP contribution < -0.4 is 4.74 Å². The molecule has 1 aromatic carbocycles. The van der Waals surface area contributed by atoms with Crippen molar-refractivity contribution in [3.05, 3.63) is 29.8 Å². The van der Waals surface area contributed by atoms with E-state index in [2.05, 4.69) is 4.90 Å². The number of carbonyl (C=O) groups is 1. The number of benzene rings is 1. The van der Waals surface area contributed by atoms with Gasteiger partial charge in [-0.25, -0.2) is 0 Å². The lowest BCUT2D eigenvalue weighted by molar-refractivity contribution is -0.141. The molecule has 0 bridgehead atoms. The number of aryl methyl sites for hydroxylation is 1. The molecule has 0 aromatic heterocycles. The molecule has 1 amide bonds. The van der Waals surface area contributed by atoms with Gasteiger partial charge in [0.2, 0.25) is 0 Å². The number of ether oxygens (including phenoxy) is 1. The summed E-state index contributed by atoms with van der Waals surface area (Å²) in [4.78, 5) is 16.5. The van der Waals surface area contributed by atoms with Gasteiger partial charge in [0.05, 0.1) is 12.1 Å². The maximum Gasteiger partial charge on any atom is 0.260 e. The minimum atomic E-state index is -0.776. The van der Waals surface area contributed by atoms with Gasteiger partial charge in [0.1, 0.15) is 5.75 Å². The Bertz CT molecular complexity index is 571. The van der Waals surface area contributed by atoms with E-state index in [0.29, 0.717) is 25.4 Å². The van der Waals surface area contributed by atoms with Gasteiger partial charge in [0.25, 0.3) is 5.91 Å². The molecule has 0 aliphatic carbocycles. The highest BCUT2D eigenvalue weighted by atomic mass is 16.5. The number of nitrogens with zero attached hydrogens (tertiary/aromatic N) is 2. The highest BCUT2D eigenvalue weighted by Crippen LogP contribution is 2.24. The highest BCUT2D eigenvalue weighted by Gasteiger charge is 2.37. The van der Waals surface area contributed by atoms with E-state index in [1.807, 2.05) is 31.2 Å². The Morgan fingerprint density at radius 2 is 2.04 bits per heavy atom. The van der Waals surface area contributed by atoms with Gasteiger partial charge in [0.15, 0.2) is 6.61 Å². The quantitative estimate of drug-likeness (QED) is 0.894. The number of hydrogen-bond donors (Lipinski definition) is 1. The van der Waals surface area contributed by atoms with E-state index in [4.69, 9.17) is 4.74 Å². The fourth-order valence-corrected chi connectivity index (χ4v) is 3.75. The van der Waals surface area contributed by atoms with Crippen molar-refractivity contribution in [2.75, 3.05) is 39.3 Å². The molecule has 2 fully saturated rings. The average Bonchev–Trinajstić information content (AvgIpc) is 3.05. The topological polar surface area (TPSA) is 53.0 Å². The van der Waals surface area contributed by atoms with Crippen LogP contribution in [0.4, 0.5) is 0 Å². The minimum Gasteiger partial charge on any atom is -0.484 e. The van der Waals surface area contributed by atoms with Gasteiger partial charge in [-0.1, -0.05) is 12.1 Å². The number of β-amino-alcohol motifs (C(OH)–C–C–N with tert-alkyl or cyclic N) is 1. The van der Waals surface area contributed by atoms with Gasteiger partial charge in [-0.3, -0.25) is 4.79 Å². The first-order chi connectivity index (χ1) is 11.5. The van der Waals surface area contributed by atoms with Gasteiger partial charge in [-0.05, 0) is 63.4 Å². The molecule has 3 rings (SSSR count). The first-order valence-corrected chi connectivity index (χ1v) is 8.96. The molecular formula is C19H28N2O3. The maximum atomic E-state index is 12.5. The average molecular weight is 332 g/mol. The number of piperidine rings is 1. The molecule has 2 aliphatic rings. The van der Waals surface area contributed by atoms with Crippen LogP contribution in [0.1, 0.15) is 31.2 Å². The molecule has 0 spiro atoms. The van der Waals surface area contributed by atoms with Crippen LogP contribution in [-0.4, -0.2) is 65.7 Å². The standard InChI is InChI=1S/C19H28N2O3/c1-16-6-4-7-17(12-16)24-13-18(22)21-11-5-8-19(23,15-21)14-20-9-2-3-10-20/h4,6-7,12,23H,2-3,5,8-11,13-15H2,1H3/t19-/m1/s1. The molecule has 1 atom stereocenters. The summed E-state index contributed by atoms with van der Waals surface area (Å²) in [6.45, 7) is 5.95. The first-order valence-electron chi connectivity index (χ1n) is 8.96. The Hall–Kier alpha value is -1.59. The molecular weight excluding hydrogens is 304 g/mol. The number of hydrogen-bond acceptors (Lipinski definition) is 4. The second-order valence-corrected chi connectivity index (χ2v) is 7.23. The summed E-state index contributed by atoms with van der Waals surface area (Å²) < 4.78 is 5.62. The van der Waals surface area contributed by atoms with E-state index in [-0.39, 0.29) is 12.5 Å². The zero-order chi connectivity index (χ0) is 17.0. The Morgan fingerprint density at radius 3 is 2.79 bits per heavy atom. The van der Waals surface area contributed by atoms with Crippen LogP contribution in [0.3, 0.4) is 0 Å². The van der Waals surface area contributed by atoms with E-state index in [0.717, 1.165) is 31.5 Å². The Morgan fingerprint density at radius 1 is 1.25 bits per heavy atom. The number of aliphatic hydroxyl groups is 1. The lowest BCUT2D eigenvalue weighted by atomic mass is 9.92. The van der Waals surface area contributed by atoms with E-state index in [1.165, 1.54) is 12.8 Å². The molecule has 0 unspecified atom stereocenters. The monoisotopic (exact) mass is 332 g/mol. The third kappa shape index (κ3) is 4.48. The van der Waals surface area contributed by atoms with Crippen molar-refractivity contribution in [1.82, 2.24) is 9.80 Å². The van der Waals surface area contributed by atoms with E-state index in [1.54, 1.807) is 4.90 Å². The van der Waals surface area contributed by atoms with Crippen molar-refractivity contribution in [3.8, 4) is 5.75 Å². The largest absolute Gasteiger partial charge is 0.484 e. The number of likely N-dealkylation sites (tertiary alicyclic amines) is 2. The van der Waals surface area contributed by atoms with E-state index >= 15 is 0 Å². The van der Waals surface area contributed by atoms with Crippen LogP contribution in [0.5, 0.6) is 5.75 Å². The van der Waals surface area contributed by atoms with Crippen LogP contribution in [0.25, 0.3) is 0 Å². The van der Waals surface area contributed by atoms with Crippen molar-refractivity contribution >= 4 is 5.91 Å². The van der Waals surface area contributed by atoms with Crippen LogP contribution in [0.2, 0.25) is 0 Å². The van der Waals surface area contributed by atoms with Gasteiger partial charge < -0.3 is 19.6 Å². The maximum absolute atomic E-state index is 12.5. The first kappa shape index (κ1) is 17.2. The zero-order valence-corrected chi connectivity index (χ0v) is 14.5. The Balaban J connectivity index is 1.52. The fraction of sp³-hybridized carbons (Fsp3) is 0.632. The third-order valence-electron chi connectivity index (χ3n) is 4.98. The normalized spacial score (nSPS) is 25.0. The second-order valence-electron chi connectivity index (χ2n) is 7.23. The molecule has 1 aromatic rings. The number of amides is 1. The lowest BCUT2D eigenvalue weighted by Crippen LogP contribution is -2.56. The van der Waals surface area contributed by atoms with Crippen molar-refractivity contribution in [1.29, 1.82) is 0 Å². The number of carbonyl (C=O) groups excluding carboxylic acids is 1. The summed E-state index contributed by atoms with van der Waals surface area (Å²) in [6, 6.07) is 7.70. The summed E-state index contributed by atoms with van der Waals surface area (Å²) in [7, 11) is 0. The van der Waals surface area contributed by atoms with Crippen molar-refractivity contribution in [2.24, 2.45) is 0 Å². The van der Waals surface area contributed by atoms with Crippen LogP contribution in [0.15, 0.2) is 24.3 Å². The molecule has 5 nitrogen and oxygen atoms in total. The predicted octanol–water partition coefficient (Wildman–Crippen LogP) is 1.82. The number of rotatable bonds is 5. The fourth-order valence-electron chi connectivity index (χ4n) is 3.75. The van der Waals surface area contributed by atoms with Gasteiger partial charge in [-0.15, -0.1) is 0 Å². The molecule has 132 valence electrons. The molecule has 0 radical (unpaired) electrons. The third-order valence-corrected chi connectivity index (χ3v) is 4.98. The lowest BCUT2D eigenvalue weighted by Gasteiger charge is -2.41. The predicted molar refractivity (Wildman–Crippen MR) is 93.1 cm³/mol. The van der Waals surface area contributed by atoms with Crippen molar-refractivity contribution in [2.45, 2.75) is 38.2 Å². The summed E-state index contributed by atoms with van der Waals surface area (Å²) >= 11 is 0. The SMILES string of the molecule is Cc1cccc(OCC(=O)N2CCC[C@@](O)(CN3CCCC3)C2)c1. The van der Waals surface area contributed by atoms with Gasteiger partial charge in [-0.2, -0.15) is 0 Å². The van der Waals surface area contributed by atoms with E-state index < -0.39 is 5.60 Å². The molecule has 1 N–H and O–H groups in total.